The molecule has 0 spiro atoms. The van der Waals surface area contributed by atoms with Crippen LogP contribution in [0.4, 0.5) is 5.82 Å². The smallest absolute Gasteiger partial charge is 0.167 e. The number of hydrogen-bond donors (Lipinski definition) is 3. The summed E-state index contributed by atoms with van der Waals surface area (Å²) in [5, 5.41) is 22.8. The molecule has 0 bridgehead atoms. The van der Waals surface area contributed by atoms with Crippen LogP contribution in [0.3, 0.4) is 0 Å². The van der Waals surface area contributed by atoms with Crippen molar-refractivity contribution < 1.29 is 14.9 Å². The van der Waals surface area contributed by atoms with Gasteiger partial charge in [0, 0.05) is 12.5 Å². The number of nitrogens with zero attached hydrogens (tertiary/aromatic N) is 4. The molecule has 8 heteroatoms. The van der Waals surface area contributed by atoms with Crippen LogP contribution in [0.25, 0.3) is 11.2 Å². The predicted octanol–water partition coefficient (Wildman–Crippen LogP) is 0.821. The molecule has 0 aromatic carbocycles. The van der Waals surface area contributed by atoms with Crippen LogP contribution < -0.4 is 5.32 Å². The maximum Gasteiger partial charge on any atom is 0.167 e. The molecule has 3 unspecified atom stereocenters. The van der Waals surface area contributed by atoms with E-state index in [4.69, 9.17) is 4.74 Å². The number of hydrogen-bond acceptors (Lipinski definition) is 7. The second-order valence-corrected chi connectivity index (χ2v) is 6.31. The van der Waals surface area contributed by atoms with E-state index in [9.17, 15) is 10.2 Å². The first-order chi connectivity index (χ1) is 11.3. The Kier molecular flexibility index (Phi) is 3.88. The highest BCUT2D eigenvalue weighted by atomic mass is 16.5. The van der Waals surface area contributed by atoms with Gasteiger partial charge in [-0.2, -0.15) is 0 Å². The Balaban J connectivity index is 1.64. The number of nitrogens with one attached hydrogen (secondary N) is 1. The van der Waals surface area contributed by atoms with E-state index < -0.39 is 12.3 Å². The second-order valence-electron chi connectivity index (χ2n) is 6.31. The zero-order valence-corrected chi connectivity index (χ0v) is 12.8. The van der Waals surface area contributed by atoms with Gasteiger partial charge in [0.25, 0.3) is 0 Å². The lowest BCUT2D eigenvalue weighted by Gasteiger charge is -2.17. The third-order valence-electron chi connectivity index (χ3n) is 4.70. The van der Waals surface area contributed by atoms with Crippen molar-refractivity contribution in [3.8, 4) is 0 Å². The highest BCUT2D eigenvalue weighted by Crippen LogP contribution is 2.32. The number of anilines is 1. The highest BCUT2D eigenvalue weighted by Gasteiger charge is 2.36. The second kappa shape index (κ2) is 6.03. The summed E-state index contributed by atoms with van der Waals surface area (Å²) in [4.78, 5) is 13.0. The SMILES string of the molecule is OCC1CC(O)C(n2cnc3c(NC4CCCC4)ncnc32)O1. The summed E-state index contributed by atoms with van der Waals surface area (Å²) >= 11 is 0. The Hall–Kier alpha value is -1.77. The minimum Gasteiger partial charge on any atom is -0.394 e. The average molecular weight is 319 g/mol. The van der Waals surface area contributed by atoms with Crippen molar-refractivity contribution in [2.45, 2.75) is 56.6 Å². The quantitative estimate of drug-likeness (QED) is 0.766. The van der Waals surface area contributed by atoms with Gasteiger partial charge in [0.1, 0.15) is 12.4 Å². The minimum atomic E-state index is -0.689. The molecule has 2 aliphatic rings. The maximum atomic E-state index is 10.2. The maximum absolute atomic E-state index is 10.2. The largest absolute Gasteiger partial charge is 0.394 e. The molecule has 2 aromatic rings. The van der Waals surface area contributed by atoms with Crippen molar-refractivity contribution in [2.75, 3.05) is 11.9 Å². The molecule has 8 nitrogen and oxygen atoms in total. The normalized spacial score (nSPS) is 28.7. The van der Waals surface area contributed by atoms with Gasteiger partial charge in [-0.15, -0.1) is 0 Å². The summed E-state index contributed by atoms with van der Waals surface area (Å²) in [6, 6.07) is 0.436. The average Bonchev–Trinajstić information content (AvgIpc) is 3.27. The van der Waals surface area contributed by atoms with Crippen LogP contribution >= 0.6 is 0 Å². The Morgan fingerprint density at radius 2 is 2.09 bits per heavy atom. The zero-order valence-electron chi connectivity index (χ0n) is 12.8. The van der Waals surface area contributed by atoms with Gasteiger partial charge in [-0.05, 0) is 12.8 Å². The van der Waals surface area contributed by atoms with E-state index in [1.807, 2.05) is 0 Å². The lowest BCUT2D eigenvalue weighted by molar-refractivity contribution is -0.0486. The number of aromatic nitrogens is 4. The molecular formula is C15H21N5O3. The third-order valence-corrected chi connectivity index (χ3v) is 4.70. The molecule has 0 amide bonds. The van der Waals surface area contributed by atoms with Crippen LogP contribution in [0.2, 0.25) is 0 Å². The van der Waals surface area contributed by atoms with E-state index in [-0.39, 0.29) is 12.7 Å². The van der Waals surface area contributed by atoms with Crippen LogP contribution in [0.5, 0.6) is 0 Å². The standard InChI is InChI=1S/C15H21N5O3/c21-6-10-5-11(22)15(23-10)20-8-18-12-13(16-7-17-14(12)20)19-9-3-1-2-4-9/h7-11,15,21-22H,1-6H2,(H,16,17,19). The molecule has 1 saturated carbocycles. The first-order valence-electron chi connectivity index (χ1n) is 8.14. The number of fused-ring (bicyclic) bond motifs is 1. The Labute approximate surface area is 133 Å². The molecule has 2 fully saturated rings. The molecule has 1 aliphatic heterocycles. The van der Waals surface area contributed by atoms with Gasteiger partial charge in [0.15, 0.2) is 23.2 Å². The van der Waals surface area contributed by atoms with Crippen molar-refractivity contribution in [3.63, 3.8) is 0 Å². The lowest BCUT2D eigenvalue weighted by Crippen LogP contribution is -2.19. The molecule has 3 heterocycles. The number of rotatable bonds is 4. The predicted molar refractivity (Wildman–Crippen MR) is 82.8 cm³/mol. The summed E-state index contributed by atoms with van der Waals surface area (Å²) in [6.45, 7) is -0.107. The monoisotopic (exact) mass is 319 g/mol. The number of ether oxygens (including phenoxy) is 1. The van der Waals surface area contributed by atoms with Gasteiger partial charge in [0.2, 0.25) is 0 Å². The molecule has 124 valence electrons. The van der Waals surface area contributed by atoms with Crippen LogP contribution in [0.15, 0.2) is 12.7 Å². The third kappa shape index (κ3) is 2.66. The van der Waals surface area contributed by atoms with E-state index in [2.05, 4.69) is 20.3 Å². The fourth-order valence-corrected chi connectivity index (χ4v) is 3.50. The number of aliphatic hydroxyl groups is 2. The summed E-state index contributed by atoms with van der Waals surface area (Å²) in [7, 11) is 0. The number of aliphatic hydroxyl groups excluding tert-OH is 2. The van der Waals surface area contributed by atoms with Gasteiger partial charge in [-0.1, -0.05) is 12.8 Å². The summed E-state index contributed by atoms with van der Waals surface area (Å²) in [5.41, 5.74) is 1.31. The van der Waals surface area contributed by atoms with Crippen molar-refractivity contribution in [2.24, 2.45) is 0 Å². The topological polar surface area (TPSA) is 105 Å². The van der Waals surface area contributed by atoms with Crippen molar-refractivity contribution in [3.05, 3.63) is 12.7 Å². The number of imidazole rings is 1. The molecule has 23 heavy (non-hydrogen) atoms. The molecule has 0 radical (unpaired) electrons. The molecule has 1 aliphatic carbocycles. The molecular weight excluding hydrogens is 298 g/mol. The van der Waals surface area contributed by atoms with E-state index in [0.717, 1.165) is 18.7 Å². The van der Waals surface area contributed by atoms with E-state index in [1.54, 1.807) is 10.9 Å². The summed E-state index contributed by atoms with van der Waals surface area (Å²) in [5.74, 6) is 0.729. The van der Waals surface area contributed by atoms with Gasteiger partial charge < -0.3 is 20.3 Å². The summed E-state index contributed by atoms with van der Waals surface area (Å²) in [6.07, 6.45) is 6.68. The van der Waals surface area contributed by atoms with Crippen LogP contribution in [0.1, 0.15) is 38.3 Å². The Morgan fingerprint density at radius 3 is 2.83 bits per heavy atom. The van der Waals surface area contributed by atoms with Crippen molar-refractivity contribution >= 4 is 17.0 Å². The highest BCUT2D eigenvalue weighted by molar-refractivity contribution is 5.82. The van der Waals surface area contributed by atoms with Gasteiger partial charge in [0.05, 0.1) is 19.0 Å². The van der Waals surface area contributed by atoms with Crippen LogP contribution in [0, 0.1) is 0 Å². The van der Waals surface area contributed by atoms with Gasteiger partial charge in [-0.3, -0.25) is 4.57 Å². The Bertz CT molecular complexity index is 685. The molecule has 1 saturated heterocycles. The minimum absolute atomic E-state index is 0.107. The first kappa shape index (κ1) is 14.8. The van der Waals surface area contributed by atoms with E-state index >= 15 is 0 Å². The fourth-order valence-electron chi connectivity index (χ4n) is 3.50. The van der Waals surface area contributed by atoms with Crippen LogP contribution in [-0.4, -0.2) is 54.6 Å². The van der Waals surface area contributed by atoms with Gasteiger partial charge in [-0.25, -0.2) is 15.0 Å². The summed E-state index contributed by atoms with van der Waals surface area (Å²) < 4.78 is 7.41. The van der Waals surface area contributed by atoms with Crippen molar-refractivity contribution in [1.82, 2.24) is 19.5 Å². The molecule has 3 atom stereocenters. The molecule has 2 aromatic heterocycles. The zero-order chi connectivity index (χ0) is 15.8. The van der Waals surface area contributed by atoms with E-state index in [1.165, 1.54) is 19.2 Å². The van der Waals surface area contributed by atoms with Gasteiger partial charge >= 0.3 is 0 Å². The van der Waals surface area contributed by atoms with Crippen molar-refractivity contribution in [1.29, 1.82) is 0 Å². The van der Waals surface area contributed by atoms with Crippen LogP contribution in [-0.2, 0) is 4.74 Å². The Morgan fingerprint density at radius 1 is 1.26 bits per heavy atom. The first-order valence-corrected chi connectivity index (χ1v) is 8.14. The lowest BCUT2D eigenvalue weighted by atomic mass is 10.2. The molecule has 4 rings (SSSR count). The van der Waals surface area contributed by atoms with E-state index in [0.29, 0.717) is 23.6 Å². The fraction of sp³-hybridized carbons (Fsp3) is 0.667. The molecule has 3 N–H and O–H groups in total.